The normalized spacial score (nSPS) is 20.2. The average Bonchev–Trinajstić information content (AvgIpc) is 2.78. The van der Waals surface area contributed by atoms with E-state index in [4.69, 9.17) is 0 Å². The van der Waals surface area contributed by atoms with Crippen LogP contribution >= 0.6 is 0 Å². The fourth-order valence-electron chi connectivity index (χ4n) is 2.42. The van der Waals surface area contributed by atoms with Gasteiger partial charge in [0.1, 0.15) is 0 Å². The Kier molecular flexibility index (Phi) is 2.69. The Bertz CT molecular complexity index is 489. The van der Waals surface area contributed by atoms with Gasteiger partial charge in [-0.1, -0.05) is 30.3 Å². The van der Waals surface area contributed by atoms with Crippen molar-refractivity contribution in [2.75, 3.05) is 0 Å². The fourth-order valence-corrected chi connectivity index (χ4v) is 2.42. The maximum absolute atomic E-state index is 4.34. The maximum Gasteiger partial charge on any atom is 0.0566 e. The van der Waals surface area contributed by atoms with Crippen molar-refractivity contribution in [2.24, 2.45) is 0 Å². The van der Waals surface area contributed by atoms with Crippen LogP contribution in [0.4, 0.5) is 0 Å². The summed E-state index contributed by atoms with van der Waals surface area (Å²) in [5.41, 5.74) is 2.70. The molecule has 0 aliphatic carbocycles. The van der Waals surface area contributed by atoms with E-state index in [1.165, 1.54) is 11.3 Å². The van der Waals surface area contributed by atoms with Crippen LogP contribution < -0.4 is 0 Å². The first-order valence-electron chi connectivity index (χ1n) is 6.11. The van der Waals surface area contributed by atoms with Crippen LogP contribution in [0.15, 0.2) is 42.6 Å². The van der Waals surface area contributed by atoms with E-state index in [0.29, 0.717) is 6.04 Å². The molecule has 2 heterocycles. The number of nitrogens with zero attached hydrogens (tertiary/aromatic N) is 3. The van der Waals surface area contributed by atoms with Crippen molar-refractivity contribution in [2.45, 2.75) is 32.6 Å². The topological polar surface area (TPSA) is 21.1 Å². The fraction of sp³-hybridized carbons (Fsp3) is 0.357. The second kappa shape index (κ2) is 4.34. The highest BCUT2D eigenvalue weighted by molar-refractivity contribution is 5.15. The third kappa shape index (κ3) is 2.11. The van der Waals surface area contributed by atoms with Crippen LogP contribution in [-0.2, 0) is 19.6 Å². The summed E-state index contributed by atoms with van der Waals surface area (Å²) in [7, 11) is 0. The molecule has 0 spiro atoms. The number of aromatic nitrogens is 2. The van der Waals surface area contributed by atoms with E-state index < -0.39 is 0 Å². The van der Waals surface area contributed by atoms with Gasteiger partial charge in [0, 0.05) is 25.3 Å². The highest BCUT2D eigenvalue weighted by Gasteiger charge is 2.22. The molecular formula is C14H17N3. The number of hydrogen-bond donors (Lipinski definition) is 0. The molecule has 3 rings (SSSR count). The van der Waals surface area contributed by atoms with Crippen molar-refractivity contribution in [1.29, 1.82) is 0 Å². The third-order valence-electron chi connectivity index (χ3n) is 3.46. The molecule has 1 aliphatic heterocycles. The lowest BCUT2D eigenvalue weighted by molar-refractivity contribution is 0.137. The Balaban J connectivity index is 1.77. The Morgan fingerprint density at radius 1 is 1.24 bits per heavy atom. The van der Waals surface area contributed by atoms with E-state index >= 15 is 0 Å². The molecule has 1 aromatic heterocycles. The molecule has 3 nitrogen and oxygen atoms in total. The van der Waals surface area contributed by atoms with Crippen LogP contribution in [0.3, 0.4) is 0 Å². The van der Waals surface area contributed by atoms with Gasteiger partial charge < -0.3 is 0 Å². The molecule has 1 unspecified atom stereocenters. The zero-order valence-corrected chi connectivity index (χ0v) is 10.1. The first kappa shape index (κ1) is 10.5. The summed E-state index contributed by atoms with van der Waals surface area (Å²) in [4.78, 5) is 2.51. The minimum atomic E-state index is 0.544. The summed E-state index contributed by atoms with van der Waals surface area (Å²) in [6.07, 6.45) is 1.90. The van der Waals surface area contributed by atoms with Gasteiger partial charge in [-0.2, -0.15) is 5.10 Å². The number of fused-ring (bicyclic) bond motifs is 1. The molecule has 17 heavy (non-hydrogen) atoms. The molecule has 0 bridgehead atoms. The summed E-state index contributed by atoms with van der Waals surface area (Å²) >= 11 is 0. The van der Waals surface area contributed by atoms with Crippen LogP contribution in [0.2, 0.25) is 0 Å². The van der Waals surface area contributed by atoms with Crippen molar-refractivity contribution in [3.05, 3.63) is 53.9 Å². The van der Waals surface area contributed by atoms with Gasteiger partial charge >= 0.3 is 0 Å². The molecule has 1 atom stereocenters. The molecule has 0 saturated heterocycles. The second-order valence-corrected chi connectivity index (χ2v) is 4.74. The van der Waals surface area contributed by atoms with Gasteiger partial charge in [-0.15, -0.1) is 0 Å². The van der Waals surface area contributed by atoms with Crippen molar-refractivity contribution in [3.63, 3.8) is 0 Å². The molecule has 0 N–H and O–H groups in total. The van der Waals surface area contributed by atoms with Crippen molar-refractivity contribution in [3.8, 4) is 0 Å². The van der Waals surface area contributed by atoms with Crippen LogP contribution in [-0.4, -0.2) is 20.7 Å². The summed E-state index contributed by atoms with van der Waals surface area (Å²) in [5, 5.41) is 4.34. The van der Waals surface area contributed by atoms with Crippen molar-refractivity contribution in [1.82, 2.24) is 14.7 Å². The zero-order valence-electron chi connectivity index (χ0n) is 10.1. The number of hydrogen-bond acceptors (Lipinski definition) is 2. The first-order chi connectivity index (χ1) is 8.33. The molecule has 0 radical (unpaired) electrons. The monoisotopic (exact) mass is 227 g/mol. The van der Waals surface area contributed by atoms with Gasteiger partial charge in [-0.3, -0.25) is 9.58 Å². The molecule has 0 saturated carbocycles. The van der Waals surface area contributed by atoms with Crippen molar-refractivity contribution < 1.29 is 0 Å². The Labute approximate surface area is 102 Å². The Morgan fingerprint density at radius 3 is 2.88 bits per heavy atom. The summed E-state index contributed by atoms with van der Waals surface area (Å²) in [6, 6.07) is 13.3. The van der Waals surface area contributed by atoms with E-state index in [-0.39, 0.29) is 0 Å². The average molecular weight is 227 g/mol. The van der Waals surface area contributed by atoms with E-state index in [1.54, 1.807) is 0 Å². The lowest BCUT2D eigenvalue weighted by Crippen LogP contribution is -2.40. The van der Waals surface area contributed by atoms with Gasteiger partial charge in [0.25, 0.3) is 0 Å². The Morgan fingerprint density at radius 2 is 2.06 bits per heavy atom. The summed E-state index contributed by atoms with van der Waals surface area (Å²) in [5.74, 6) is 0. The van der Waals surface area contributed by atoms with E-state index in [1.807, 2.05) is 6.20 Å². The van der Waals surface area contributed by atoms with Gasteiger partial charge in [-0.05, 0) is 18.6 Å². The van der Waals surface area contributed by atoms with Crippen LogP contribution in [0.5, 0.6) is 0 Å². The van der Waals surface area contributed by atoms with Gasteiger partial charge in [0.2, 0.25) is 0 Å². The molecular weight excluding hydrogens is 210 g/mol. The lowest BCUT2D eigenvalue weighted by Gasteiger charge is -2.33. The first-order valence-corrected chi connectivity index (χ1v) is 6.11. The number of benzene rings is 1. The molecule has 1 aromatic carbocycles. The smallest absolute Gasteiger partial charge is 0.0566 e. The van der Waals surface area contributed by atoms with Crippen LogP contribution in [0.25, 0.3) is 0 Å². The predicted molar refractivity (Wildman–Crippen MR) is 67.4 cm³/mol. The van der Waals surface area contributed by atoms with Crippen LogP contribution in [0, 0.1) is 0 Å². The third-order valence-corrected chi connectivity index (χ3v) is 3.46. The number of rotatable bonds is 2. The summed E-state index contributed by atoms with van der Waals surface area (Å²) in [6.45, 7) is 5.28. The standard InChI is InChI=1S/C14H17N3/c1-12-9-17-14(7-8-15-17)11-16(12)10-13-5-3-2-4-6-13/h2-8,12H,9-11H2,1H3. The quantitative estimate of drug-likeness (QED) is 0.785. The minimum Gasteiger partial charge on any atom is -0.289 e. The summed E-state index contributed by atoms with van der Waals surface area (Å²) < 4.78 is 2.12. The predicted octanol–water partition coefficient (Wildman–Crippen LogP) is 2.29. The van der Waals surface area contributed by atoms with E-state index in [0.717, 1.165) is 19.6 Å². The molecule has 0 amide bonds. The highest BCUT2D eigenvalue weighted by Crippen LogP contribution is 2.18. The van der Waals surface area contributed by atoms with E-state index in [9.17, 15) is 0 Å². The lowest BCUT2D eigenvalue weighted by atomic mass is 10.1. The van der Waals surface area contributed by atoms with Gasteiger partial charge in [0.05, 0.1) is 12.2 Å². The molecule has 2 aromatic rings. The molecule has 88 valence electrons. The van der Waals surface area contributed by atoms with Crippen LogP contribution in [0.1, 0.15) is 18.2 Å². The SMILES string of the molecule is CC1Cn2nccc2CN1Cc1ccccc1. The van der Waals surface area contributed by atoms with Gasteiger partial charge in [-0.25, -0.2) is 0 Å². The molecule has 0 fully saturated rings. The Hall–Kier alpha value is -1.61. The largest absolute Gasteiger partial charge is 0.289 e. The second-order valence-electron chi connectivity index (χ2n) is 4.74. The highest BCUT2D eigenvalue weighted by atomic mass is 15.3. The maximum atomic E-state index is 4.34. The minimum absolute atomic E-state index is 0.544. The molecule has 3 heteroatoms. The van der Waals surface area contributed by atoms with Gasteiger partial charge in [0.15, 0.2) is 0 Å². The molecule has 1 aliphatic rings. The zero-order chi connectivity index (χ0) is 11.7. The van der Waals surface area contributed by atoms with E-state index in [2.05, 4.69) is 58.0 Å². The van der Waals surface area contributed by atoms with Crippen molar-refractivity contribution >= 4 is 0 Å².